The molecule has 318 valence electrons. The number of aromatic nitrogens is 3. The largest absolute Gasteiger partial charge is 0.507 e. The zero-order valence-corrected chi connectivity index (χ0v) is 39.6. The number of pyridine rings is 1. The number of rotatable bonds is 5. The molecule has 5 nitrogen and oxygen atoms in total. The van der Waals surface area contributed by atoms with Gasteiger partial charge in [0.25, 0.3) is 0 Å². The van der Waals surface area contributed by atoms with Crippen LogP contribution in [0, 0.1) is 6.57 Å². The first kappa shape index (κ1) is 44.1. The minimum atomic E-state index is -0.285. The first-order chi connectivity index (χ1) is 28.8. The number of para-hydroxylation sites is 1. The van der Waals surface area contributed by atoms with Crippen molar-refractivity contribution in [2.45, 2.75) is 131 Å². The highest BCUT2D eigenvalue weighted by atomic mass is 16.3. The Hall–Kier alpha value is -5.99. The Morgan fingerprint density at radius 3 is 1.65 bits per heavy atom. The molecule has 0 bridgehead atoms. The van der Waals surface area contributed by atoms with Crippen LogP contribution in [0.1, 0.15) is 132 Å². The van der Waals surface area contributed by atoms with E-state index in [1.807, 2.05) is 12.1 Å². The van der Waals surface area contributed by atoms with E-state index in [2.05, 4.69) is 210 Å². The lowest BCUT2D eigenvalue weighted by atomic mass is 9.78. The van der Waals surface area contributed by atoms with Crippen molar-refractivity contribution >= 4 is 16.7 Å². The molecule has 0 amide bonds. The van der Waals surface area contributed by atoms with Gasteiger partial charge in [-0.3, -0.25) is 4.57 Å². The fourth-order valence-electron chi connectivity index (χ4n) is 8.08. The van der Waals surface area contributed by atoms with E-state index in [0.717, 1.165) is 78.5 Å². The summed E-state index contributed by atoms with van der Waals surface area (Å²) in [6.45, 7) is 41.4. The van der Waals surface area contributed by atoms with Gasteiger partial charge >= 0.3 is 0 Å². The van der Waals surface area contributed by atoms with E-state index >= 15 is 0 Å². The van der Waals surface area contributed by atoms with E-state index < -0.39 is 0 Å². The number of hydrogen-bond donors (Lipinski definition) is 1. The van der Waals surface area contributed by atoms with Gasteiger partial charge in [-0.1, -0.05) is 158 Å². The lowest BCUT2D eigenvalue weighted by Gasteiger charge is -2.28. The fourth-order valence-corrected chi connectivity index (χ4v) is 8.08. The molecule has 5 heteroatoms. The molecule has 0 spiro atoms. The van der Waals surface area contributed by atoms with Crippen molar-refractivity contribution in [1.29, 1.82) is 0 Å². The van der Waals surface area contributed by atoms with Crippen molar-refractivity contribution in [3.8, 4) is 56.5 Å². The highest BCUT2D eigenvalue weighted by Gasteiger charge is 2.29. The van der Waals surface area contributed by atoms with E-state index in [1.54, 1.807) is 0 Å². The molecule has 0 atom stereocenters. The van der Waals surface area contributed by atoms with Gasteiger partial charge < -0.3 is 5.11 Å². The lowest BCUT2D eigenvalue weighted by molar-refractivity contribution is 0.446. The summed E-state index contributed by atoms with van der Waals surface area (Å²) in [6, 6.07) is 38.6. The normalized spacial score (nSPS) is 12.8. The third-order valence-corrected chi connectivity index (χ3v) is 12.1. The van der Waals surface area contributed by atoms with Crippen LogP contribution in [0.25, 0.3) is 66.6 Å². The minimum Gasteiger partial charge on any atom is -0.507 e. The molecular formula is C57H64N4O. The third-order valence-electron chi connectivity index (χ3n) is 12.1. The molecule has 0 aliphatic heterocycles. The van der Waals surface area contributed by atoms with E-state index in [0.29, 0.717) is 11.2 Å². The standard InChI is InChI=1S/C57H64N4O/c1-53(2,3)38-25-26-48(42(30-38)35-21-18-17-19-22-35)61-49-24-20-23-45(58-16)50(49)60-52(61)37-27-36(28-39(29-37)54(4,5)6)46-33-41(56(10,11)12)34-47(59-46)43-31-40(55(7,8)9)32-44(51(43)62)57(13,14)15/h17-34,62H,1-15H3. The van der Waals surface area contributed by atoms with Crippen LogP contribution in [0.5, 0.6) is 5.75 Å². The predicted octanol–water partition coefficient (Wildman–Crippen LogP) is 15.8. The summed E-state index contributed by atoms with van der Waals surface area (Å²) in [4.78, 5) is 14.8. The molecule has 0 saturated carbocycles. The average Bonchev–Trinajstić information content (AvgIpc) is 3.58. The summed E-state index contributed by atoms with van der Waals surface area (Å²) in [5.74, 6) is 1.02. The lowest BCUT2D eigenvalue weighted by Crippen LogP contribution is -2.17. The van der Waals surface area contributed by atoms with Crippen LogP contribution in [-0.4, -0.2) is 19.6 Å². The van der Waals surface area contributed by atoms with Crippen molar-refractivity contribution in [3.63, 3.8) is 0 Å². The maximum absolute atomic E-state index is 12.1. The molecule has 0 unspecified atom stereocenters. The van der Waals surface area contributed by atoms with Gasteiger partial charge in [0.05, 0.1) is 34.7 Å². The van der Waals surface area contributed by atoms with Crippen LogP contribution in [-0.2, 0) is 27.1 Å². The van der Waals surface area contributed by atoms with E-state index in [-0.39, 0.29) is 32.8 Å². The van der Waals surface area contributed by atoms with Gasteiger partial charge in [0.2, 0.25) is 5.69 Å². The van der Waals surface area contributed by atoms with Crippen molar-refractivity contribution in [2.24, 2.45) is 0 Å². The quantitative estimate of drug-likeness (QED) is 0.176. The molecule has 0 radical (unpaired) electrons. The molecule has 0 saturated heterocycles. The zero-order chi connectivity index (χ0) is 45.3. The van der Waals surface area contributed by atoms with Crippen molar-refractivity contribution < 1.29 is 5.11 Å². The summed E-state index contributed by atoms with van der Waals surface area (Å²) in [5.41, 5.74) is 14.0. The molecule has 0 aliphatic carbocycles. The number of nitrogens with zero attached hydrogens (tertiary/aromatic N) is 4. The highest BCUT2D eigenvalue weighted by molar-refractivity contribution is 5.95. The van der Waals surface area contributed by atoms with Crippen LogP contribution in [0.3, 0.4) is 0 Å². The molecule has 1 N–H and O–H groups in total. The van der Waals surface area contributed by atoms with Crippen LogP contribution in [0.2, 0.25) is 0 Å². The number of benzene rings is 5. The smallest absolute Gasteiger partial charge is 0.214 e. The number of phenolic OH excluding ortho intramolecular Hbond substituents is 1. The first-order valence-corrected chi connectivity index (χ1v) is 21.9. The highest BCUT2D eigenvalue weighted by Crippen LogP contribution is 2.45. The Kier molecular flexibility index (Phi) is 11.0. The monoisotopic (exact) mass is 821 g/mol. The van der Waals surface area contributed by atoms with Gasteiger partial charge in [-0.05, 0) is 109 Å². The first-order valence-electron chi connectivity index (χ1n) is 21.9. The number of imidazole rings is 1. The predicted molar refractivity (Wildman–Crippen MR) is 262 cm³/mol. The second-order valence-corrected chi connectivity index (χ2v) is 22.2. The molecule has 0 fully saturated rings. The summed E-state index contributed by atoms with van der Waals surface area (Å²) < 4.78 is 2.25. The Bertz CT molecular complexity index is 2870. The number of aromatic hydroxyl groups is 1. The molecule has 62 heavy (non-hydrogen) atoms. The molecule has 2 heterocycles. The van der Waals surface area contributed by atoms with Gasteiger partial charge in [0.15, 0.2) is 0 Å². The minimum absolute atomic E-state index is 0.0677. The Balaban J connectivity index is 1.57. The zero-order valence-electron chi connectivity index (χ0n) is 39.6. The number of fused-ring (bicyclic) bond motifs is 1. The van der Waals surface area contributed by atoms with Crippen molar-refractivity contribution in [2.75, 3.05) is 0 Å². The van der Waals surface area contributed by atoms with Crippen molar-refractivity contribution in [1.82, 2.24) is 14.5 Å². The molecule has 5 aromatic carbocycles. The van der Waals surface area contributed by atoms with E-state index in [4.69, 9.17) is 16.5 Å². The van der Waals surface area contributed by atoms with Gasteiger partial charge in [-0.15, -0.1) is 0 Å². The second kappa shape index (κ2) is 15.4. The van der Waals surface area contributed by atoms with Gasteiger partial charge in [0, 0.05) is 27.8 Å². The van der Waals surface area contributed by atoms with Crippen molar-refractivity contribution in [3.05, 3.63) is 148 Å². The van der Waals surface area contributed by atoms with Gasteiger partial charge in [-0.2, -0.15) is 0 Å². The topological polar surface area (TPSA) is 55.3 Å². The summed E-state index contributed by atoms with van der Waals surface area (Å²) in [6.07, 6.45) is 0. The summed E-state index contributed by atoms with van der Waals surface area (Å²) >= 11 is 0. The average molecular weight is 821 g/mol. The summed E-state index contributed by atoms with van der Waals surface area (Å²) in [7, 11) is 0. The maximum atomic E-state index is 12.1. The van der Waals surface area contributed by atoms with Crippen LogP contribution < -0.4 is 0 Å². The number of hydrogen-bond acceptors (Lipinski definition) is 3. The molecular weight excluding hydrogens is 757 g/mol. The molecule has 7 rings (SSSR count). The summed E-state index contributed by atoms with van der Waals surface area (Å²) in [5, 5.41) is 12.1. The van der Waals surface area contributed by atoms with Crippen LogP contribution in [0.15, 0.2) is 109 Å². The Morgan fingerprint density at radius 1 is 0.484 bits per heavy atom. The SMILES string of the molecule is [C-]#[N+]c1cccc2c1nc(-c1cc(-c3cc(C(C)(C)C)cc(-c4cc(C(C)(C)C)cc(C(C)(C)C)c4O)n3)cc(C(C)(C)C)c1)n2-c1ccc(C(C)(C)C)cc1-c1ccccc1. The molecule has 0 aliphatic rings. The molecule has 7 aromatic rings. The maximum Gasteiger partial charge on any atom is 0.214 e. The van der Waals surface area contributed by atoms with E-state index in [9.17, 15) is 5.11 Å². The molecule has 2 aromatic heterocycles. The van der Waals surface area contributed by atoms with Gasteiger partial charge in [-0.25, -0.2) is 14.8 Å². The fraction of sp³-hybridized carbons (Fsp3) is 0.351. The van der Waals surface area contributed by atoms with Gasteiger partial charge in [0.1, 0.15) is 11.6 Å². The Labute approximate surface area is 370 Å². The van der Waals surface area contributed by atoms with Crippen LogP contribution >= 0.6 is 0 Å². The third kappa shape index (κ3) is 8.58. The van der Waals surface area contributed by atoms with E-state index in [1.165, 1.54) is 5.56 Å². The van der Waals surface area contributed by atoms with Crippen LogP contribution in [0.4, 0.5) is 5.69 Å². The Morgan fingerprint density at radius 2 is 1.05 bits per heavy atom. The second-order valence-electron chi connectivity index (χ2n) is 22.2. The number of phenols is 1.